The van der Waals surface area contributed by atoms with E-state index >= 15 is 0 Å². The maximum absolute atomic E-state index is 10.2. The quantitative estimate of drug-likeness (QED) is 0.586. The summed E-state index contributed by atoms with van der Waals surface area (Å²) in [5.74, 6) is -0.512. The van der Waals surface area contributed by atoms with Crippen molar-refractivity contribution >= 4 is 14.5 Å². The average Bonchev–Trinajstić information content (AvgIpc) is 2.34. The standard InChI is InChI=1S/C4H8NO4P/c5-4(6)3-9-10-7-1-2-8-10/h1-3H2,(H2,5,6). The lowest BCUT2D eigenvalue weighted by molar-refractivity contribution is -0.120. The van der Waals surface area contributed by atoms with Crippen LogP contribution in [0.1, 0.15) is 0 Å². The van der Waals surface area contributed by atoms with E-state index in [0.717, 1.165) is 0 Å². The zero-order chi connectivity index (χ0) is 7.40. The fraction of sp³-hybridized carbons (Fsp3) is 0.750. The smallest absolute Gasteiger partial charge is 0.333 e. The molecule has 0 saturated carbocycles. The summed E-state index contributed by atoms with van der Waals surface area (Å²) in [4.78, 5) is 10.2. The predicted molar refractivity (Wildman–Crippen MR) is 34.0 cm³/mol. The van der Waals surface area contributed by atoms with Crippen molar-refractivity contribution in [3.63, 3.8) is 0 Å². The number of carbonyl (C=O) groups excluding carboxylic acids is 1. The Hall–Kier alpha value is -0.220. The van der Waals surface area contributed by atoms with Gasteiger partial charge < -0.3 is 19.3 Å². The van der Waals surface area contributed by atoms with Gasteiger partial charge in [0.2, 0.25) is 5.91 Å². The van der Waals surface area contributed by atoms with Gasteiger partial charge in [0.05, 0.1) is 13.2 Å². The number of carbonyl (C=O) groups is 1. The van der Waals surface area contributed by atoms with Gasteiger partial charge in [-0.05, 0) is 0 Å². The molecule has 1 heterocycles. The lowest BCUT2D eigenvalue weighted by Gasteiger charge is -2.04. The second-order valence-corrected chi connectivity index (χ2v) is 2.85. The van der Waals surface area contributed by atoms with E-state index in [1.807, 2.05) is 0 Å². The molecule has 0 aromatic carbocycles. The van der Waals surface area contributed by atoms with Gasteiger partial charge in [0.15, 0.2) is 0 Å². The molecule has 1 amide bonds. The summed E-state index contributed by atoms with van der Waals surface area (Å²) >= 11 is 0. The van der Waals surface area contributed by atoms with Gasteiger partial charge in [-0.15, -0.1) is 0 Å². The molecule has 0 aliphatic carbocycles. The molecule has 1 aliphatic heterocycles. The highest BCUT2D eigenvalue weighted by molar-refractivity contribution is 7.41. The van der Waals surface area contributed by atoms with Crippen molar-refractivity contribution in [3.05, 3.63) is 0 Å². The van der Waals surface area contributed by atoms with Crippen LogP contribution in [0.3, 0.4) is 0 Å². The molecule has 1 saturated heterocycles. The Labute approximate surface area is 59.4 Å². The molecule has 1 aliphatic rings. The number of hydrogen-bond acceptors (Lipinski definition) is 4. The maximum Gasteiger partial charge on any atom is 0.333 e. The molecule has 5 nitrogen and oxygen atoms in total. The third-order valence-corrected chi connectivity index (χ3v) is 1.92. The highest BCUT2D eigenvalue weighted by Gasteiger charge is 2.19. The van der Waals surface area contributed by atoms with E-state index in [9.17, 15) is 4.79 Å². The van der Waals surface area contributed by atoms with E-state index < -0.39 is 14.5 Å². The van der Waals surface area contributed by atoms with Crippen LogP contribution in [-0.4, -0.2) is 25.7 Å². The molecule has 0 unspecified atom stereocenters. The van der Waals surface area contributed by atoms with Gasteiger partial charge in [-0.25, -0.2) is 0 Å². The summed E-state index contributed by atoms with van der Waals surface area (Å²) in [5, 5.41) is 0. The summed E-state index contributed by atoms with van der Waals surface area (Å²) in [6.07, 6.45) is 0. The SMILES string of the molecule is NC(=O)COP1OCCO1. The Balaban J connectivity index is 2.07. The zero-order valence-corrected chi connectivity index (χ0v) is 6.17. The number of primary amides is 1. The maximum atomic E-state index is 10.2. The molecule has 58 valence electrons. The van der Waals surface area contributed by atoms with Crippen molar-refractivity contribution in [2.75, 3.05) is 19.8 Å². The van der Waals surface area contributed by atoms with Crippen LogP contribution in [0, 0.1) is 0 Å². The molecule has 0 aromatic heterocycles. The van der Waals surface area contributed by atoms with Crippen molar-refractivity contribution in [2.45, 2.75) is 0 Å². The summed E-state index contributed by atoms with van der Waals surface area (Å²) in [7, 11) is -1.28. The first-order valence-corrected chi connectivity index (χ1v) is 3.86. The Morgan fingerprint density at radius 1 is 1.60 bits per heavy atom. The third-order valence-electron chi connectivity index (χ3n) is 0.789. The van der Waals surface area contributed by atoms with Gasteiger partial charge >= 0.3 is 8.60 Å². The molecule has 6 heteroatoms. The molecule has 1 rings (SSSR count). The molecule has 1 fully saturated rings. The molecule has 0 spiro atoms. The van der Waals surface area contributed by atoms with E-state index in [1.165, 1.54) is 0 Å². The predicted octanol–water partition coefficient (Wildman–Crippen LogP) is -0.238. The Bertz CT molecular complexity index is 124. The van der Waals surface area contributed by atoms with Gasteiger partial charge in [-0.2, -0.15) is 0 Å². The topological polar surface area (TPSA) is 70.8 Å². The van der Waals surface area contributed by atoms with E-state index in [0.29, 0.717) is 13.2 Å². The monoisotopic (exact) mass is 165 g/mol. The Morgan fingerprint density at radius 3 is 2.70 bits per heavy atom. The summed E-state index contributed by atoms with van der Waals surface area (Å²) in [6, 6.07) is 0. The van der Waals surface area contributed by atoms with Crippen LogP contribution < -0.4 is 5.73 Å². The normalized spacial score (nSPS) is 19.6. The molecule has 0 bridgehead atoms. The Morgan fingerprint density at radius 2 is 2.20 bits per heavy atom. The molecule has 0 atom stereocenters. The molecular weight excluding hydrogens is 157 g/mol. The van der Waals surface area contributed by atoms with Crippen molar-refractivity contribution in [1.29, 1.82) is 0 Å². The summed E-state index contributed by atoms with van der Waals surface area (Å²) in [5.41, 5.74) is 4.81. The van der Waals surface area contributed by atoms with Gasteiger partial charge in [-0.3, -0.25) is 4.79 Å². The lowest BCUT2D eigenvalue weighted by Crippen LogP contribution is -2.16. The minimum Gasteiger partial charge on any atom is -0.368 e. The van der Waals surface area contributed by atoms with Gasteiger partial charge in [-0.1, -0.05) is 0 Å². The average molecular weight is 165 g/mol. The Kier molecular flexibility index (Phi) is 3.02. The molecular formula is C4H8NO4P. The minimum atomic E-state index is -1.28. The molecule has 10 heavy (non-hydrogen) atoms. The van der Waals surface area contributed by atoms with Crippen LogP contribution in [0.5, 0.6) is 0 Å². The third kappa shape index (κ3) is 2.58. The summed E-state index contributed by atoms with van der Waals surface area (Å²) < 4.78 is 14.6. The first kappa shape index (κ1) is 7.88. The van der Waals surface area contributed by atoms with Crippen LogP contribution in [0.2, 0.25) is 0 Å². The highest BCUT2D eigenvalue weighted by Crippen LogP contribution is 2.42. The second kappa shape index (κ2) is 3.83. The second-order valence-electron chi connectivity index (χ2n) is 1.63. The number of hydrogen-bond donors (Lipinski definition) is 1. The van der Waals surface area contributed by atoms with Gasteiger partial charge in [0.25, 0.3) is 0 Å². The van der Waals surface area contributed by atoms with E-state index in [4.69, 9.17) is 19.3 Å². The van der Waals surface area contributed by atoms with Crippen LogP contribution in [-0.2, 0) is 18.4 Å². The van der Waals surface area contributed by atoms with E-state index in [1.54, 1.807) is 0 Å². The van der Waals surface area contributed by atoms with Crippen molar-refractivity contribution in [1.82, 2.24) is 0 Å². The summed E-state index contributed by atoms with van der Waals surface area (Å²) in [6.45, 7) is 0.931. The number of rotatable bonds is 3. The van der Waals surface area contributed by atoms with E-state index in [2.05, 4.69) is 0 Å². The van der Waals surface area contributed by atoms with Crippen LogP contribution in [0.4, 0.5) is 0 Å². The van der Waals surface area contributed by atoms with Crippen molar-refractivity contribution < 1.29 is 18.4 Å². The lowest BCUT2D eigenvalue weighted by atomic mass is 10.7. The largest absolute Gasteiger partial charge is 0.368 e. The fourth-order valence-corrected chi connectivity index (χ4v) is 1.36. The molecule has 2 N–H and O–H groups in total. The first-order chi connectivity index (χ1) is 4.79. The number of nitrogens with two attached hydrogens (primary N) is 1. The molecule has 0 radical (unpaired) electrons. The van der Waals surface area contributed by atoms with Crippen molar-refractivity contribution in [3.8, 4) is 0 Å². The number of amides is 1. The van der Waals surface area contributed by atoms with Gasteiger partial charge in [0, 0.05) is 0 Å². The molecule has 0 aromatic rings. The first-order valence-electron chi connectivity index (χ1n) is 2.76. The zero-order valence-electron chi connectivity index (χ0n) is 5.28. The van der Waals surface area contributed by atoms with Crippen molar-refractivity contribution in [2.24, 2.45) is 5.73 Å². The van der Waals surface area contributed by atoms with E-state index in [-0.39, 0.29) is 6.61 Å². The van der Waals surface area contributed by atoms with Gasteiger partial charge in [0.1, 0.15) is 6.61 Å². The minimum absolute atomic E-state index is 0.133. The highest BCUT2D eigenvalue weighted by atomic mass is 31.2. The van der Waals surface area contributed by atoms with Crippen LogP contribution >= 0.6 is 8.60 Å². The van der Waals surface area contributed by atoms with Crippen LogP contribution in [0.25, 0.3) is 0 Å². The van der Waals surface area contributed by atoms with Crippen LogP contribution in [0.15, 0.2) is 0 Å². The fourth-order valence-electron chi connectivity index (χ4n) is 0.452.